The lowest BCUT2D eigenvalue weighted by atomic mass is 10.2. The van der Waals surface area contributed by atoms with Crippen LogP contribution in [-0.2, 0) is 0 Å². The number of thiazole rings is 2. The van der Waals surface area contributed by atoms with Gasteiger partial charge in [0.25, 0.3) is 0 Å². The van der Waals surface area contributed by atoms with Crippen LogP contribution in [0.5, 0.6) is 0 Å². The van der Waals surface area contributed by atoms with Crippen LogP contribution in [0.15, 0.2) is 77.9 Å². The number of fused-ring (bicyclic) bond motifs is 2. The van der Waals surface area contributed by atoms with Crippen LogP contribution >= 0.6 is 22.7 Å². The first-order valence-electron chi connectivity index (χ1n) is 8.89. The largest absolute Gasteiger partial charge is 0.277 e. The Bertz CT molecular complexity index is 1170. The number of hydrogen-bond acceptors (Lipinski definition) is 6. The number of benzene rings is 3. The van der Waals surface area contributed by atoms with Crippen LogP contribution in [-0.4, -0.2) is 15.7 Å². The lowest BCUT2D eigenvalue weighted by Crippen LogP contribution is -2.06. The van der Waals surface area contributed by atoms with Crippen molar-refractivity contribution in [2.45, 2.75) is 6.92 Å². The number of para-hydroxylation sites is 3. The number of nitrogens with zero attached hydrogens (tertiary/aromatic N) is 3. The first-order valence-corrected chi connectivity index (χ1v) is 10.5. The van der Waals surface area contributed by atoms with E-state index in [9.17, 15) is 0 Å². The van der Waals surface area contributed by atoms with E-state index in [4.69, 9.17) is 15.1 Å². The van der Waals surface area contributed by atoms with Gasteiger partial charge in [-0.3, -0.25) is 5.43 Å². The van der Waals surface area contributed by atoms with Crippen molar-refractivity contribution in [1.29, 1.82) is 0 Å². The normalized spacial score (nSPS) is 11.0. The molecule has 0 atom stereocenters. The summed E-state index contributed by atoms with van der Waals surface area (Å²) >= 11 is 3.27. The van der Waals surface area contributed by atoms with Crippen molar-refractivity contribution in [3.8, 4) is 0 Å². The van der Waals surface area contributed by atoms with E-state index in [1.165, 1.54) is 0 Å². The van der Waals surface area contributed by atoms with Gasteiger partial charge >= 0.3 is 0 Å². The molecular formula is C22H16N4S2. The third-order valence-electron chi connectivity index (χ3n) is 4.43. The van der Waals surface area contributed by atoms with E-state index in [0.717, 1.165) is 47.4 Å². The van der Waals surface area contributed by atoms with Gasteiger partial charge in [-0.15, -0.1) is 22.7 Å². The summed E-state index contributed by atoms with van der Waals surface area (Å²) in [6.45, 7) is 2.06. The van der Waals surface area contributed by atoms with Gasteiger partial charge in [-0.2, -0.15) is 5.10 Å². The van der Waals surface area contributed by atoms with Crippen LogP contribution in [0.3, 0.4) is 0 Å². The molecule has 0 aliphatic heterocycles. The summed E-state index contributed by atoms with van der Waals surface area (Å²) < 4.78 is 2.28. The molecule has 0 fully saturated rings. The molecule has 28 heavy (non-hydrogen) atoms. The predicted octanol–water partition coefficient (Wildman–Crippen LogP) is 6.08. The highest BCUT2D eigenvalue weighted by molar-refractivity contribution is 7.23. The molecule has 2 heterocycles. The van der Waals surface area contributed by atoms with Crippen molar-refractivity contribution in [1.82, 2.24) is 9.97 Å². The van der Waals surface area contributed by atoms with E-state index in [1.807, 2.05) is 54.6 Å². The van der Waals surface area contributed by atoms with E-state index in [-0.39, 0.29) is 0 Å². The molecule has 3 aromatic carbocycles. The lowest BCUT2D eigenvalue weighted by Gasteiger charge is -2.05. The fourth-order valence-electron chi connectivity index (χ4n) is 2.95. The van der Waals surface area contributed by atoms with Crippen LogP contribution in [0.4, 0.5) is 5.69 Å². The fourth-order valence-corrected chi connectivity index (χ4v) is 4.93. The summed E-state index contributed by atoms with van der Waals surface area (Å²) in [6.07, 6.45) is 0. The summed E-state index contributed by atoms with van der Waals surface area (Å²) in [4.78, 5) is 9.62. The van der Waals surface area contributed by atoms with Crippen LogP contribution in [0.1, 0.15) is 15.6 Å². The van der Waals surface area contributed by atoms with Crippen molar-refractivity contribution < 1.29 is 0 Å². The van der Waals surface area contributed by atoms with Gasteiger partial charge in [0.15, 0.2) is 5.71 Å². The zero-order valence-corrected chi connectivity index (χ0v) is 16.7. The second kappa shape index (κ2) is 7.14. The van der Waals surface area contributed by atoms with Crippen LogP contribution in [0, 0.1) is 6.92 Å². The van der Waals surface area contributed by atoms with E-state index in [2.05, 4.69) is 30.5 Å². The first-order chi connectivity index (χ1) is 13.8. The maximum atomic E-state index is 4.81. The van der Waals surface area contributed by atoms with Crippen LogP contribution in [0.2, 0.25) is 0 Å². The smallest absolute Gasteiger partial charge is 0.155 e. The van der Waals surface area contributed by atoms with Crippen molar-refractivity contribution in [3.63, 3.8) is 0 Å². The van der Waals surface area contributed by atoms with Gasteiger partial charge < -0.3 is 0 Å². The van der Waals surface area contributed by atoms with Crippen LogP contribution < -0.4 is 5.43 Å². The number of rotatable bonds is 4. The Kier molecular flexibility index (Phi) is 4.35. The second-order valence-corrected chi connectivity index (χ2v) is 8.42. The minimum absolute atomic E-state index is 0.769. The zero-order chi connectivity index (χ0) is 18.9. The molecule has 4 nitrogen and oxygen atoms in total. The molecule has 0 aliphatic rings. The molecule has 0 bridgehead atoms. The van der Waals surface area contributed by atoms with Crippen LogP contribution in [0.25, 0.3) is 20.4 Å². The molecule has 0 spiro atoms. The standard InChI is InChI=1S/C22H16N4S2/c1-14-8-2-3-9-15(14)25-26-20(21-23-16-10-4-6-12-18(16)27-21)22-24-17-11-5-7-13-19(17)28-22/h2-13,25H,1H3. The number of nitrogens with one attached hydrogen (secondary N) is 1. The third-order valence-corrected chi connectivity index (χ3v) is 6.51. The molecule has 0 saturated carbocycles. The molecule has 5 rings (SSSR count). The molecular weight excluding hydrogens is 384 g/mol. The van der Waals surface area contributed by atoms with Crippen molar-refractivity contribution in [2.24, 2.45) is 5.10 Å². The predicted molar refractivity (Wildman–Crippen MR) is 120 cm³/mol. The number of anilines is 1. The molecule has 2 aromatic heterocycles. The molecule has 0 unspecified atom stereocenters. The fraction of sp³-hybridized carbons (Fsp3) is 0.0455. The molecule has 0 radical (unpaired) electrons. The Balaban J connectivity index is 1.64. The van der Waals surface area contributed by atoms with Crippen molar-refractivity contribution in [2.75, 3.05) is 5.43 Å². The number of aromatic nitrogens is 2. The average molecular weight is 401 g/mol. The lowest BCUT2D eigenvalue weighted by molar-refractivity contribution is 1.28. The van der Waals surface area contributed by atoms with Gasteiger partial charge in [-0.1, -0.05) is 42.5 Å². The topological polar surface area (TPSA) is 50.2 Å². The highest BCUT2D eigenvalue weighted by Crippen LogP contribution is 2.28. The van der Waals surface area contributed by atoms with Gasteiger partial charge in [0, 0.05) is 0 Å². The Hall–Kier alpha value is -3.09. The van der Waals surface area contributed by atoms with Gasteiger partial charge in [-0.25, -0.2) is 9.97 Å². The minimum Gasteiger partial charge on any atom is -0.277 e. The summed E-state index contributed by atoms with van der Waals surface area (Å²) in [5, 5.41) is 6.47. The summed E-state index contributed by atoms with van der Waals surface area (Å²) in [7, 11) is 0. The summed E-state index contributed by atoms with van der Waals surface area (Å²) in [6, 6.07) is 24.4. The highest BCUT2D eigenvalue weighted by Gasteiger charge is 2.17. The average Bonchev–Trinajstić information content (AvgIpc) is 3.33. The highest BCUT2D eigenvalue weighted by atomic mass is 32.1. The second-order valence-electron chi connectivity index (χ2n) is 6.36. The van der Waals surface area contributed by atoms with Gasteiger partial charge in [-0.05, 0) is 42.8 Å². The van der Waals surface area contributed by atoms with E-state index < -0.39 is 0 Å². The number of hydrazone groups is 1. The molecule has 136 valence electrons. The van der Waals surface area contributed by atoms with Crippen molar-refractivity contribution in [3.05, 3.63) is 88.4 Å². The zero-order valence-electron chi connectivity index (χ0n) is 15.1. The maximum Gasteiger partial charge on any atom is 0.155 e. The SMILES string of the molecule is Cc1ccccc1NN=C(c1nc2ccccc2s1)c1nc2ccccc2s1. The molecule has 0 amide bonds. The van der Waals surface area contributed by atoms with Gasteiger partial charge in [0.05, 0.1) is 26.1 Å². The monoisotopic (exact) mass is 400 g/mol. The molecule has 5 aromatic rings. The van der Waals surface area contributed by atoms with E-state index in [1.54, 1.807) is 22.7 Å². The maximum absolute atomic E-state index is 4.81. The van der Waals surface area contributed by atoms with Gasteiger partial charge in [0.1, 0.15) is 10.0 Å². The van der Waals surface area contributed by atoms with E-state index >= 15 is 0 Å². The molecule has 0 saturated heterocycles. The first kappa shape index (κ1) is 17.0. The Morgan fingerprint density at radius 3 is 1.86 bits per heavy atom. The van der Waals surface area contributed by atoms with Crippen molar-refractivity contribution >= 4 is 54.5 Å². The summed E-state index contributed by atoms with van der Waals surface area (Å²) in [5.41, 5.74) is 8.06. The summed E-state index contributed by atoms with van der Waals surface area (Å²) in [5.74, 6) is 0. The third kappa shape index (κ3) is 3.17. The molecule has 0 aliphatic carbocycles. The Morgan fingerprint density at radius 2 is 1.29 bits per heavy atom. The van der Waals surface area contributed by atoms with E-state index in [0.29, 0.717) is 0 Å². The minimum atomic E-state index is 0.769. The molecule has 1 N–H and O–H groups in total. The Labute approximate surface area is 170 Å². The number of hydrogen-bond donors (Lipinski definition) is 1. The molecule has 6 heteroatoms. The number of aryl methyl sites for hydroxylation is 1. The Morgan fingerprint density at radius 1 is 0.750 bits per heavy atom. The quantitative estimate of drug-likeness (QED) is 0.294. The van der Waals surface area contributed by atoms with Gasteiger partial charge in [0.2, 0.25) is 0 Å².